The molecule has 0 unspecified atom stereocenters. The second kappa shape index (κ2) is 7.22. The Morgan fingerprint density at radius 2 is 1.88 bits per heavy atom. The number of carbonyl (C=O) groups is 2. The predicted octanol–water partition coefficient (Wildman–Crippen LogP) is 3.37. The Hall–Kier alpha value is -1.16. The Balaban J connectivity index is 2.39. The van der Waals surface area contributed by atoms with Crippen molar-refractivity contribution in [3.05, 3.63) is 34.3 Å². The first-order valence-electron chi connectivity index (χ1n) is 5.58. The van der Waals surface area contributed by atoms with E-state index in [-0.39, 0.29) is 18.4 Å². The minimum Gasteiger partial charge on any atom is -0.457 e. The molecule has 1 aromatic carbocycles. The molecule has 92 valence electrons. The highest BCUT2D eigenvalue weighted by Gasteiger charge is 2.09. The molecule has 0 bridgehead atoms. The monoisotopic (exact) mass is 298 g/mol. The fraction of sp³-hybridized carbons (Fsp3) is 0.385. The first-order chi connectivity index (χ1) is 8.13. The third kappa shape index (κ3) is 5.13. The molecule has 0 atom stereocenters. The topological polar surface area (TPSA) is 43.4 Å². The first kappa shape index (κ1) is 13.9. The molecule has 0 saturated heterocycles. The quantitative estimate of drug-likeness (QED) is 0.597. The van der Waals surface area contributed by atoms with Crippen LogP contribution >= 0.6 is 15.9 Å². The molecule has 0 fully saturated rings. The van der Waals surface area contributed by atoms with E-state index in [9.17, 15) is 9.59 Å². The second-order valence-electron chi connectivity index (χ2n) is 3.69. The van der Waals surface area contributed by atoms with Crippen molar-refractivity contribution < 1.29 is 14.3 Å². The van der Waals surface area contributed by atoms with E-state index in [0.29, 0.717) is 12.0 Å². The summed E-state index contributed by atoms with van der Waals surface area (Å²) >= 11 is 3.29. The number of esters is 1. The summed E-state index contributed by atoms with van der Waals surface area (Å²) in [5.74, 6) is -0.486. The van der Waals surface area contributed by atoms with Crippen LogP contribution in [-0.2, 0) is 9.53 Å². The third-order valence-electron chi connectivity index (χ3n) is 2.26. The fourth-order valence-corrected chi connectivity index (χ4v) is 1.52. The number of carbonyl (C=O) groups excluding carboxylic acids is 2. The average molecular weight is 299 g/mol. The highest BCUT2D eigenvalue weighted by atomic mass is 79.9. The Morgan fingerprint density at radius 3 is 2.47 bits per heavy atom. The number of Topliss-reactive ketones (excluding diaryl/α,β-unsaturated/α-hetero) is 1. The molecule has 17 heavy (non-hydrogen) atoms. The fourth-order valence-electron chi connectivity index (χ4n) is 1.26. The van der Waals surface area contributed by atoms with E-state index in [2.05, 4.69) is 15.9 Å². The molecular formula is C13H15BrO3. The molecule has 0 saturated carbocycles. The Morgan fingerprint density at radius 1 is 1.24 bits per heavy atom. The molecule has 0 radical (unpaired) electrons. The molecule has 1 rings (SSSR count). The summed E-state index contributed by atoms with van der Waals surface area (Å²) < 4.78 is 5.80. The number of ketones is 1. The standard InChI is InChI=1S/C13H15BrO3/c1-2-3-4-13(16)17-9-12(15)10-5-7-11(14)8-6-10/h5-8H,2-4,9H2,1H3. The zero-order valence-electron chi connectivity index (χ0n) is 9.74. The van der Waals surface area contributed by atoms with Crippen molar-refractivity contribution in [2.75, 3.05) is 6.61 Å². The van der Waals surface area contributed by atoms with E-state index in [4.69, 9.17) is 4.74 Å². The molecular weight excluding hydrogens is 284 g/mol. The number of ether oxygens (including phenoxy) is 1. The summed E-state index contributed by atoms with van der Waals surface area (Å²) in [6.07, 6.45) is 2.12. The van der Waals surface area contributed by atoms with Crippen molar-refractivity contribution >= 4 is 27.7 Å². The van der Waals surface area contributed by atoms with Gasteiger partial charge in [-0.3, -0.25) is 9.59 Å². The van der Waals surface area contributed by atoms with Crippen LogP contribution in [-0.4, -0.2) is 18.4 Å². The van der Waals surface area contributed by atoms with E-state index < -0.39 is 0 Å². The molecule has 4 heteroatoms. The lowest BCUT2D eigenvalue weighted by Crippen LogP contribution is -2.13. The van der Waals surface area contributed by atoms with Crippen LogP contribution in [0.25, 0.3) is 0 Å². The zero-order valence-corrected chi connectivity index (χ0v) is 11.3. The van der Waals surface area contributed by atoms with Crippen molar-refractivity contribution in [1.29, 1.82) is 0 Å². The number of unbranched alkanes of at least 4 members (excludes halogenated alkanes) is 1. The van der Waals surface area contributed by atoms with Gasteiger partial charge in [-0.25, -0.2) is 0 Å². The molecule has 0 spiro atoms. The predicted molar refractivity (Wildman–Crippen MR) is 69.0 cm³/mol. The van der Waals surface area contributed by atoms with Gasteiger partial charge in [-0.1, -0.05) is 41.4 Å². The van der Waals surface area contributed by atoms with E-state index in [0.717, 1.165) is 17.3 Å². The summed E-state index contributed by atoms with van der Waals surface area (Å²) in [6, 6.07) is 6.97. The Bertz CT molecular complexity index is 384. The SMILES string of the molecule is CCCCC(=O)OCC(=O)c1ccc(Br)cc1. The van der Waals surface area contributed by atoms with Gasteiger partial charge in [0.2, 0.25) is 0 Å². The molecule has 0 heterocycles. The van der Waals surface area contributed by atoms with E-state index in [1.54, 1.807) is 24.3 Å². The van der Waals surface area contributed by atoms with Crippen LogP contribution in [0.1, 0.15) is 36.5 Å². The van der Waals surface area contributed by atoms with Crippen molar-refractivity contribution in [2.45, 2.75) is 26.2 Å². The van der Waals surface area contributed by atoms with E-state index >= 15 is 0 Å². The minimum absolute atomic E-state index is 0.176. The summed E-state index contributed by atoms with van der Waals surface area (Å²) in [5.41, 5.74) is 0.552. The van der Waals surface area contributed by atoms with Crippen molar-refractivity contribution in [3.63, 3.8) is 0 Å². The molecule has 0 N–H and O–H groups in total. The van der Waals surface area contributed by atoms with Crippen molar-refractivity contribution in [2.24, 2.45) is 0 Å². The highest BCUT2D eigenvalue weighted by molar-refractivity contribution is 9.10. The number of hydrogen-bond acceptors (Lipinski definition) is 3. The molecule has 0 aliphatic heterocycles. The molecule has 0 aliphatic carbocycles. The summed E-state index contributed by atoms with van der Waals surface area (Å²) in [6.45, 7) is 1.82. The van der Waals surface area contributed by atoms with Gasteiger partial charge in [0.05, 0.1) is 0 Å². The van der Waals surface area contributed by atoms with Gasteiger partial charge in [0, 0.05) is 16.5 Å². The maximum Gasteiger partial charge on any atom is 0.306 e. The maximum atomic E-state index is 11.6. The zero-order chi connectivity index (χ0) is 12.7. The minimum atomic E-state index is -0.308. The van der Waals surface area contributed by atoms with Crippen molar-refractivity contribution in [3.8, 4) is 0 Å². The molecule has 1 aromatic rings. The van der Waals surface area contributed by atoms with E-state index in [1.165, 1.54) is 0 Å². The van der Waals surface area contributed by atoms with Gasteiger partial charge < -0.3 is 4.74 Å². The van der Waals surface area contributed by atoms with Gasteiger partial charge in [0.15, 0.2) is 12.4 Å². The summed E-state index contributed by atoms with van der Waals surface area (Å²) in [7, 11) is 0. The smallest absolute Gasteiger partial charge is 0.306 e. The lowest BCUT2D eigenvalue weighted by molar-refractivity contribution is -0.142. The molecule has 0 aromatic heterocycles. The number of halogens is 1. The maximum absolute atomic E-state index is 11.6. The molecule has 3 nitrogen and oxygen atoms in total. The normalized spacial score (nSPS) is 10.0. The van der Waals surface area contributed by atoms with Crippen LogP contribution in [0.3, 0.4) is 0 Å². The summed E-state index contributed by atoms with van der Waals surface area (Å²) in [4.78, 5) is 22.9. The van der Waals surface area contributed by atoms with Crippen molar-refractivity contribution in [1.82, 2.24) is 0 Å². The summed E-state index contributed by atoms with van der Waals surface area (Å²) in [5, 5.41) is 0. The largest absolute Gasteiger partial charge is 0.457 e. The Labute approximate surface area is 109 Å². The first-order valence-corrected chi connectivity index (χ1v) is 6.37. The van der Waals surface area contributed by atoms with Gasteiger partial charge in [-0.15, -0.1) is 0 Å². The second-order valence-corrected chi connectivity index (χ2v) is 4.61. The van der Waals surface area contributed by atoms with Crippen LogP contribution in [0.15, 0.2) is 28.7 Å². The highest BCUT2D eigenvalue weighted by Crippen LogP contribution is 2.11. The van der Waals surface area contributed by atoms with Crippen LogP contribution in [0.5, 0.6) is 0 Å². The van der Waals surface area contributed by atoms with Crippen LogP contribution in [0, 0.1) is 0 Å². The van der Waals surface area contributed by atoms with Crippen LogP contribution < -0.4 is 0 Å². The van der Waals surface area contributed by atoms with Gasteiger partial charge in [-0.2, -0.15) is 0 Å². The average Bonchev–Trinajstić information content (AvgIpc) is 2.34. The van der Waals surface area contributed by atoms with Crippen LogP contribution in [0.4, 0.5) is 0 Å². The Kier molecular flexibility index (Phi) is 5.91. The molecule has 0 aliphatic rings. The lowest BCUT2D eigenvalue weighted by Gasteiger charge is -2.04. The van der Waals surface area contributed by atoms with Crippen LogP contribution in [0.2, 0.25) is 0 Å². The number of hydrogen-bond donors (Lipinski definition) is 0. The van der Waals surface area contributed by atoms with Gasteiger partial charge in [-0.05, 0) is 18.6 Å². The van der Waals surface area contributed by atoms with Gasteiger partial charge >= 0.3 is 5.97 Å². The van der Waals surface area contributed by atoms with Gasteiger partial charge in [0.1, 0.15) is 0 Å². The van der Waals surface area contributed by atoms with Gasteiger partial charge in [0.25, 0.3) is 0 Å². The molecule has 0 amide bonds. The third-order valence-corrected chi connectivity index (χ3v) is 2.79. The number of rotatable bonds is 6. The number of benzene rings is 1. The lowest BCUT2D eigenvalue weighted by atomic mass is 10.1. The van der Waals surface area contributed by atoms with E-state index in [1.807, 2.05) is 6.92 Å².